The SMILES string of the molecule is CC(=O)[C@]1(C)CC[C@@H](C(O)O)CC1. The van der Waals surface area contributed by atoms with Gasteiger partial charge in [0.25, 0.3) is 0 Å². The third-order valence-corrected chi connectivity index (χ3v) is 3.41. The molecule has 76 valence electrons. The summed E-state index contributed by atoms with van der Waals surface area (Å²) in [6.07, 6.45) is 1.84. The maximum absolute atomic E-state index is 11.3. The van der Waals surface area contributed by atoms with E-state index in [0.29, 0.717) is 0 Å². The average molecular weight is 186 g/mol. The fourth-order valence-electron chi connectivity index (χ4n) is 1.93. The molecule has 2 N–H and O–H groups in total. The fourth-order valence-corrected chi connectivity index (χ4v) is 1.93. The van der Waals surface area contributed by atoms with Crippen LogP contribution in [0.2, 0.25) is 0 Å². The molecule has 0 amide bonds. The van der Waals surface area contributed by atoms with E-state index in [1.165, 1.54) is 0 Å². The Hall–Kier alpha value is -0.410. The quantitative estimate of drug-likeness (QED) is 0.634. The van der Waals surface area contributed by atoms with Crippen molar-refractivity contribution in [1.82, 2.24) is 0 Å². The fraction of sp³-hybridized carbons (Fsp3) is 0.900. The summed E-state index contributed by atoms with van der Waals surface area (Å²) in [5, 5.41) is 17.9. The van der Waals surface area contributed by atoms with Crippen molar-refractivity contribution in [3.63, 3.8) is 0 Å². The molecule has 1 saturated carbocycles. The third-order valence-electron chi connectivity index (χ3n) is 3.41. The van der Waals surface area contributed by atoms with Crippen molar-refractivity contribution < 1.29 is 15.0 Å². The van der Waals surface area contributed by atoms with Gasteiger partial charge < -0.3 is 10.2 Å². The van der Waals surface area contributed by atoms with E-state index < -0.39 is 6.29 Å². The molecular weight excluding hydrogens is 168 g/mol. The highest BCUT2D eigenvalue weighted by Gasteiger charge is 2.36. The van der Waals surface area contributed by atoms with Crippen molar-refractivity contribution in [3.8, 4) is 0 Å². The summed E-state index contributed by atoms with van der Waals surface area (Å²) in [6, 6.07) is 0. The van der Waals surface area contributed by atoms with E-state index >= 15 is 0 Å². The van der Waals surface area contributed by atoms with E-state index in [-0.39, 0.29) is 17.1 Å². The Labute approximate surface area is 78.8 Å². The zero-order chi connectivity index (χ0) is 10.1. The Balaban J connectivity index is 2.51. The molecule has 3 nitrogen and oxygen atoms in total. The van der Waals surface area contributed by atoms with Gasteiger partial charge in [0.15, 0.2) is 6.29 Å². The van der Waals surface area contributed by atoms with Crippen LogP contribution >= 0.6 is 0 Å². The van der Waals surface area contributed by atoms with Crippen LogP contribution in [0.15, 0.2) is 0 Å². The van der Waals surface area contributed by atoms with Crippen LogP contribution in [0.1, 0.15) is 39.5 Å². The molecule has 0 aromatic rings. The summed E-state index contributed by atoms with van der Waals surface area (Å²) < 4.78 is 0. The zero-order valence-electron chi connectivity index (χ0n) is 8.29. The molecule has 0 aromatic heterocycles. The zero-order valence-corrected chi connectivity index (χ0v) is 8.29. The summed E-state index contributed by atoms with van der Waals surface area (Å²) in [5.41, 5.74) is -0.217. The van der Waals surface area contributed by atoms with Crippen LogP contribution in [0.4, 0.5) is 0 Å². The maximum atomic E-state index is 11.3. The first-order chi connectivity index (χ1) is 5.96. The van der Waals surface area contributed by atoms with Gasteiger partial charge in [-0.15, -0.1) is 0 Å². The highest BCUT2D eigenvalue weighted by molar-refractivity contribution is 5.81. The molecule has 0 saturated heterocycles. The second-order valence-electron chi connectivity index (χ2n) is 4.37. The van der Waals surface area contributed by atoms with E-state index in [9.17, 15) is 4.79 Å². The molecule has 0 radical (unpaired) electrons. The molecule has 1 aliphatic rings. The molecule has 0 spiro atoms. The molecule has 1 rings (SSSR count). The molecule has 0 bridgehead atoms. The van der Waals surface area contributed by atoms with Crippen LogP contribution in [0.3, 0.4) is 0 Å². The second kappa shape index (κ2) is 3.76. The first-order valence-electron chi connectivity index (χ1n) is 4.83. The summed E-state index contributed by atoms with van der Waals surface area (Å²) in [5.74, 6) is 0.186. The van der Waals surface area contributed by atoms with Gasteiger partial charge in [-0.2, -0.15) is 0 Å². The molecule has 0 atom stereocenters. The summed E-state index contributed by atoms with van der Waals surface area (Å²) in [6.45, 7) is 3.59. The van der Waals surface area contributed by atoms with Crippen molar-refractivity contribution in [2.24, 2.45) is 11.3 Å². The van der Waals surface area contributed by atoms with Crippen molar-refractivity contribution in [2.75, 3.05) is 0 Å². The minimum Gasteiger partial charge on any atom is -0.368 e. The smallest absolute Gasteiger partial charge is 0.154 e. The monoisotopic (exact) mass is 186 g/mol. The van der Waals surface area contributed by atoms with Crippen LogP contribution in [0, 0.1) is 11.3 Å². The predicted molar refractivity (Wildman–Crippen MR) is 49.0 cm³/mol. The topological polar surface area (TPSA) is 57.5 Å². The Bertz CT molecular complexity index is 190. The maximum Gasteiger partial charge on any atom is 0.154 e. The lowest BCUT2D eigenvalue weighted by Crippen LogP contribution is -2.34. The minimum absolute atomic E-state index is 0.0348. The van der Waals surface area contributed by atoms with Gasteiger partial charge in [-0.05, 0) is 32.6 Å². The Kier molecular flexibility index (Phi) is 3.09. The number of aliphatic hydroxyl groups excluding tert-OH is 1. The van der Waals surface area contributed by atoms with E-state index in [4.69, 9.17) is 10.2 Å². The summed E-state index contributed by atoms with van der Waals surface area (Å²) >= 11 is 0. The molecule has 1 aliphatic carbocycles. The number of aliphatic hydroxyl groups is 2. The van der Waals surface area contributed by atoms with E-state index in [1.807, 2.05) is 6.92 Å². The van der Waals surface area contributed by atoms with Gasteiger partial charge in [-0.3, -0.25) is 4.79 Å². The number of rotatable bonds is 2. The number of hydrogen-bond acceptors (Lipinski definition) is 3. The number of carbonyl (C=O) groups excluding carboxylic acids is 1. The van der Waals surface area contributed by atoms with Crippen LogP contribution in [0.25, 0.3) is 0 Å². The molecular formula is C10H18O3. The van der Waals surface area contributed by atoms with Crippen molar-refractivity contribution >= 4 is 5.78 Å². The van der Waals surface area contributed by atoms with E-state index in [2.05, 4.69) is 0 Å². The minimum atomic E-state index is -1.21. The van der Waals surface area contributed by atoms with Crippen LogP contribution in [-0.2, 0) is 4.79 Å². The Morgan fingerprint density at radius 3 is 2.15 bits per heavy atom. The van der Waals surface area contributed by atoms with Crippen molar-refractivity contribution in [1.29, 1.82) is 0 Å². The van der Waals surface area contributed by atoms with Crippen molar-refractivity contribution in [2.45, 2.75) is 45.8 Å². The molecule has 0 aromatic carbocycles. The lowest BCUT2D eigenvalue weighted by molar-refractivity contribution is -0.133. The van der Waals surface area contributed by atoms with Gasteiger partial charge in [-0.1, -0.05) is 6.92 Å². The normalized spacial score (nSPS) is 35.0. The molecule has 0 unspecified atom stereocenters. The number of Topliss-reactive ketones (excluding diaryl/α,β-unsaturated/α-hetero) is 1. The largest absolute Gasteiger partial charge is 0.368 e. The van der Waals surface area contributed by atoms with E-state index in [0.717, 1.165) is 25.7 Å². The predicted octanol–water partition coefficient (Wildman–Crippen LogP) is 1.08. The number of hydrogen-bond donors (Lipinski definition) is 2. The molecule has 0 heterocycles. The summed E-state index contributed by atoms with van der Waals surface area (Å²) in [7, 11) is 0. The number of ketones is 1. The van der Waals surface area contributed by atoms with Gasteiger partial charge in [0.05, 0.1) is 0 Å². The van der Waals surface area contributed by atoms with Gasteiger partial charge in [-0.25, -0.2) is 0 Å². The van der Waals surface area contributed by atoms with Crippen LogP contribution in [0.5, 0.6) is 0 Å². The van der Waals surface area contributed by atoms with E-state index in [1.54, 1.807) is 6.92 Å². The number of carbonyl (C=O) groups is 1. The highest BCUT2D eigenvalue weighted by atomic mass is 16.5. The van der Waals surface area contributed by atoms with Gasteiger partial charge in [0, 0.05) is 11.3 Å². The Morgan fingerprint density at radius 2 is 1.85 bits per heavy atom. The first-order valence-corrected chi connectivity index (χ1v) is 4.83. The Morgan fingerprint density at radius 1 is 1.38 bits per heavy atom. The highest BCUT2D eigenvalue weighted by Crippen LogP contribution is 2.39. The van der Waals surface area contributed by atoms with Gasteiger partial charge in [0.2, 0.25) is 0 Å². The molecule has 0 aliphatic heterocycles. The van der Waals surface area contributed by atoms with Gasteiger partial charge >= 0.3 is 0 Å². The second-order valence-corrected chi connectivity index (χ2v) is 4.37. The lowest BCUT2D eigenvalue weighted by atomic mass is 9.69. The molecule has 13 heavy (non-hydrogen) atoms. The summed E-state index contributed by atoms with van der Waals surface area (Å²) in [4.78, 5) is 11.3. The lowest BCUT2D eigenvalue weighted by Gasteiger charge is -2.35. The third kappa shape index (κ3) is 2.29. The first kappa shape index (κ1) is 10.7. The average Bonchev–Trinajstić information content (AvgIpc) is 2.04. The van der Waals surface area contributed by atoms with Crippen LogP contribution in [-0.4, -0.2) is 22.3 Å². The van der Waals surface area contributed by atoms with Crippen molar-refractivity contribution in [3.05, 3.63) is 0 Å². The molecule has 1 fully saturated rings. The van der Waals surface area contributed by atoms with Crippen LogP contribution < -0.4 is 0 Å². The standard InChI is InChI=1S/C10H18O3/c1-7(11)10(2)5-3-8(4-6-10)9(12)13/h8-9,12-13H,3-6H2,1-2H3/t8-,10-. The molecule has 3 heteroatoms. The van der Waals surface area contributed by atoms with Gasteiger partial charge in [0.1, 0.15) is 5.78 Å².